The van der Waals surface area contributed by atoms with Crippen molar-refractivity contribution >= 4 is 0 Å². The first-order chi connectivity index (χ1) is 3.39. The van der Waals surface area contributed by atoms with Crippen molar-refractivity contribution in [2.75, 3.05) is 13.2 Å². The van der Waals surface area contributed by atoms with E-state index in [9.17, 15) is 4.39 Å². The molecule has 0 N–H and O–H groups in total. The summed E-state index contributed by atoms with van der Waals surface area (Å²) in [7, 11) is 0. The summed E-state index contributed by atoms with van der Waals surface area (Å²) in [4.78, 5) is 0. The highest BCUT2D eigenvalue weighted by molar-refractivity contribution is 4.77. The fraction of sp³-hybridized carbons (Fsp3) is 0.800. The predicted molar refractivity (Wildman–Crippen MR) is 24.4 cm³/mol. The molecule has 0 atom stereocenters. The Balaban J connectivity index is 2.12. The van der Waals surface area contributed by atoms with Gasteiger partial charge in [-0.05, 0) is 0 Å². The molecular weight excluding hydrogens is 95.1 g/mol. The van der Waals surface area contributed by atoms with Crippen LogP contribution in [0.1, 0.15) is 12.8 Å². The van der Waals surface area contributed by atoms with Gasteiger partial charge in [-0.25, -0.2) is 4.39 Å². The van der Waals surface area contributed by atoms with Crippen molar-refractivity contribution in [3.8, 4) is 0 Å². The van der Waals surface area contributed by atoms with Crippen LogP contribution in [0.25, 0.3) is 0 Å². The molecule has 1 aliphatic rings. The third-order valence-corrected chi connectivity index (χ3v) is 1.04. The Labute approximate surface area is 42.5 Å². The molecular formula is C5H8FO. The Hall–Kier alpha value is -0.110. The highest BCUT2D eigenvalue weighted by atomic mass is 19.1. The van der Waals surface area contributed by atoms with Crippen molar-refractivity contribution in [3.05, 3.63) is 6.17 Å². The van der Waals surface area contributed by atoms with E-state index in [1.165, 1.54) is 0 Å². The minimum absolute atomic E-state index is 0.0891. The van der Waals surface area contributed by atoms with Gasteiger partial charge in [-0.2, -0.15) is 0 Å². The first kappa shape index (κ1) is 5.04. The molecule has 2 heteroatoms. The Kier molecular flexibility index (Phi) is 1.63. The average molecular weight is 103 g/mol. The lowest BCUT2D eigenvalue weighted by Gasteiger charge is -2.12. The molecule has 0 saturated carbocycles. The van der Waals surface area contributed by atoms with Gasteiger partial charge in [0.15, 0.2) is 0 Å². The van der Waals surface area contributed by atoms with Crippen molar-refractivity contribution in [1.29, 1.82) is 0 Å². The Bertz CT molecular complexity index is 50.0. The van der Waals surface area contributed by atoms with Crippen molar-refractivity contribution in [1.82, 2.24) is 0 Å². The van der Waals surface area contributed by atoms with Crippen LogP contribution in [0.3, 0.4) is 0 Å². The van der Waals surface area contributed by atoms with Gasteiger partial charge in [0, 0.05) is 26.1 Å². The first-order valence-electron chi connectivity index (χ1n) is 2.47. The number of halogens is 1. The van der Waals surface area contributed by atoms with E-state index in [4.69, 9.17) is 4.74 Å². The van der Waals surface area contributed by atoms with Gasteiger partial charge in [-0.3, -0.25) is 0 Å². The first-order valence-corrected chi connectivity index (χ1v) is 2.47. The van der Waals surface area contributed by atoms with Gasteiger partial charge >= 0.3 is 0 Å². The monoisotopic (exact) mass is 103 g/mol. The summed E-state index contributed by atoms with van der Waals surface area (Å²) < 4.78 is 16.9. The summed E-state index contributed by atoms with van der Waals surface area (Å²) in [5.41, 5.74) is 0. The smallest absolute Gasteiger partial charge is 0.149 e. The Morgan fingerprint density at radius 3 is 2.14 bits per heavy atom. The van der Waals surface area contributed by atoms with Gasteiger partial charge in [0.05, 0.1) is 0 Å². The molecule has 7 heavy (non-hydrogen) atoms. The maximum Gasteiger partial charge on any atom is 0.149 e. The molecule has 41 valence electrons. The minimum atomic E-state index is 0.0891. The fourth-order valence-corrected chi connectivity index (χ4v) is 0.593. The molecule has 1 aliphatic heterocycles. The topological polar surface area (TPSA) is 9.23 Å². The van der Waals surface area contributed by atoms with Gasteiger partial charge in [0.1, 0.15) is 6.17 Å². The lowest BCUT2D eigenvalue weighted by atomic mass is 10.2. The predicted octanol–water partition coefficient (Wildman–Crippen LogP) is 1.30. The number of ether oxygens (including phenoxy) is 1. The van der Waals surface area contributed by atoms with E-state index in [1.54, 1.807) is 0 Å². The molecule has 0 spiro atoms. The number of hydrogen-bond acceptors (Lipinski definition) is 1. The summed E-state index contributed by atoms with van der Waals surface area (Å²) in [5.74, 6) is 0. The second-order valence-electron chi connectivity index (χ2n) is 1.63. The van der Waals surface area contributed by atoms with E-state index < -0.39 is 0 Å². The van der Waals surface area contributed by atoms with Crippen LogP contribution in [-0.4, -0.2) is 13.2 Å². The van der Waals surface area contributed by atoms with Crippen LogP contribution < -0.4 is 0 Å². The molecule has 1 rings (SSSR count). The molecule has 1 heterocycles. The van der Waals surface area contributed by atoms with Gasteiger partial charge in [0.2, 0.25) is 0 Å². The molecule has 0 amide bonds. The standard InChI is InChI=1S/C5H8FO/c6-5-1-3-7-4-2-5/h1-4H2. The maximum atomic E-state index is 12.0. The van der Waals surface area contributed by atoms with Crippen LogP contribution >= 0.6 is 0 Å². The lowest BCUT2D eigenvalue weighted by Crippen LogP contribution is -2.09. The van der Waals surface area contributed by atoms with Crippen molar-refractivity contribution in [2.45, 2.75) is 12.8 Å². The van der Waals surface area contributed by atoms with E-state index in [2.05, 4.69) is 0 Å². The maximum absolute atomic E-state index is 12.0. The molecule has 1 radical (unpaired) electrons. The van der Waals surface area contributed by atoms with Crippen LogP contribution in [0.15, 0.2) is 0 Å². The third kappa shape index (κ3) is 1.43. The van der Waals surface area contributed by atoms with E-state index >= 15 is 0 Å². The van der Waals surface area contributed by atoms with Crippen molar-refractivity contribution < 1.29 is 9.13 Å². The fourth-order valence-electron chi connectivity index (χ4n) is 0.593. The van der Waals surface area contributed by atoms with Crippen LogP contribution in [0.4, 0.5) is 4.39 Å². The summed E-state index contributed by atoms with van der Waals surface area (Å²) in [6.45, 7) is 1.15. The van der Waals surface area contributed by atoms with E-state index in [-0.39, 0.29) is 6.17 Å². The summed E-state index contributed by atoms with van der Waals surface area (Å²) in [6.07, 6.45) is 1.12. The molecule has 1 fully saturated rings. The zero-order chi connectivity index (χ0) is 5.11. The van der Waals surface area contributed by atoms with E-state index in [1.807, 2.05) is 0 Å². The van der Waals surface area contributed by atoms with Crippen molar-refractivity contribution in [2.24, 2.45) is 0 Å². The third-order valence-electron chi connectivity index (χ3n) is 1.04. The van der Waals surface area contributed by atoms with Crippen LogP contribution in [0, 0.1) is 6.17 Å². The molecule has 1 nitrogen and oxygen atoms in total. The van der Waals surface area contributed by atoms with Crippen LogP contribution in [0.5, 0.6) is 0 Å². The van der Waals surface area contributed by atoms with Crippen LogP contribution in [-0.2, 0) is 4.74 Å². The SMILES string of the molecule is F[C]1CCOCC1. The van der Waals surface area contributed by atoms with Gasteiger partial charge in [-0.15, -0.1) is 0 Å². The van der Waals surface area contributed by atoms with E-state index in [0.29, 0.717) is 26.1 Å². The normalized spacial score (nSPS) is 25.3. The zero-order valence-electron chi connectivity index (χ0n) is 4.11. The van der Waals surface area contributed by atoms with Gasteiger partial charge in [0.25, 0.3) is 0 Å². The molecule has 0 aromatic rings. The van der Waals surface area contributed by atoms with Gasteiger partial charge < -0.3 is 4.74 Å². The van der Waals surface area contributed by atoms with Crippen molar-refractivity contribution in [3.63, 3.8) is 0 Å². The van der Waals surface area contributed by atoms with Crippen LogP contribution in [0.2, 0.25) is 0 Å². The second-order valence-corrected chi connectivity index (χ2v) is 1.63. The molecule has 0 aliphatic carbocycles. The zero-order valence-corrected chi connectivity index (χ0v) is 4.11. The Morgan fingerprint density at radius 1 is 1.29 bits per heavy atom. The average Bonchev–Trinajstić information content (AvgIpc) is 1.69. The molecule has 0 aromatic heterocycles. The largest absolute Gasteiger partial charge is 0.381 e. The molecule has 0 bridgehead atoms. The minimum Gasteiger partial charge on any atom is -0.381 e. The summed E-state index contributed by atoms with van der Waals surface area (Å²) >= 11 is 0. The second kappa shape index (κ2) is 2.26. The summed E-state index contributed by atoms with van der Waals surface area (Å²) in [5, 5.41) is 0. The van der Waals surface area contributed by atoms with Gasteiger partial charge in [-0.1, -0.05) is 0 Å². The lowest BCUT2D eigenvalue weighted by molar-refractivity contribution is 0.0864. The number of hydrogen-bond donors (Lipinski definition) is 0. The quantitative estimate of drug-likeness (QED) is 0.449. The highest BCUT2D eigenvalue weighted by Crippen LogP contribution is 2.16. The molecule has 0 unspecified atom stereocenters. The molecule has 1 saturated heterocycles. The highest BCUT2D eigenvalue weighted by Gasteiger charge is 2.11. The Morgan fingerprint density at radius 2 is 1.86 bits per heavy atom. The summed E-state index contributed by atoms with van der Waals surface area (Å²) in [6, 6.07) is 0. The number of rotatable bonds is 0. The van der Waals surface area contributed by atoms with E-state index in [0.717, 1.165) is 0 Å². The molecule has 0 aromatic carbocycles.